The number of amides is 3. The maximum absolute atomic E-state index is 13.8. The van der Waals surface area contributed by atoms with E-state index in [0.29, 0.717) is 20.9 Å². The van der Waals surface area contributed by atoms with Crippen molar-refractivity contribution in [2.75, 3.05) is 37.0 Å². The smallest absolute Gasteiger partial charge is 0.316 e. The van der Waals surface area contributed by atoms with Gasteiger partial charge >= 0.3 is 11.8 Å². The number of methoxy groups -OCH3 is 1. The van der Waals surface area contributed by atoms with E-state index < -0.39 is 23.5 Å². The molecule has 3 rings (SSSR count). The number of carbonyl (C=O) groups is 3. The minimum atomic E-state index is -0.824. The van der Waals surface area contributed by atoms with Gasteiger partial charge in [-0.15, -0.1) is 0 Å². The van der Waals surface area contributed by atoms with Crippen LogP contribution in [0.25, 0.3) is 0 Å². The average molecular weight is 485 g/mol. The van der Waals surface area contributed by atoms with E-state index in [0.717, 1.165) is 4.90 Å². The van der Waals surface area contributed by atoms with Gasteiger partial charge in [0.05, 0.1) is 17.8 Å². The van der Waals surface area contributed by atoms with E-state index >= 15 is 0 Å². The molecule has 0 bridgehead atoms. The van der Waals surface area contributed by atoms with Gasteiger partial charge in [0.1, 0.15) is 18.1 Å². The Morgan fingerprint density at radius 2 is 1.97 bits per heavy atom. The van der Waals surface area contributed by atoms with Gasteiger partial charge in [0.2, 0.25) is 5.91 Å². The lowest BCUT2D eigenvalue weighted by molar-refractivity contribution is -0.147. The van der Waals surface area contributed by atoms with E-state index in [-0.39, 0.29) is 25.3 Å². The van der Waals surface area contributed by atoms with Crippen LogP contribution in [0.15, 0.2) is 40.9 Å². The van der Waals surface area contributed by atoms with Crippen LogP contribution in [0.1, 0.15) is 0 Å². The molecule has 1 aliphatic heterocycles. The van der Waals surface area contributed by atoms with Gasteiger partial charge in [-0.25, -0.2) is 4.39 Å². The van der Waals surface area contributed by atoms with Crippen molar-refractivity contribution in [3.63, 3.8) is 0 Å². The van der Waals surface area contributed by atoms with Gasteiger partial charge in [-0.1, -0.05) is 27.5 Å². The summed E-state index contributed by atoms with van der Waals surface area (Å²) in [6.45, 7) is -0.0328. The summed E-state index contributed by atoms with van der Waals surface area (Å²) in [6, 6.07) is 8.94. The number of benzene rings is 2. The second kappa shape index (κ2) is 8.79. The highest BCUT2D eigenvalue weighted by Crippen LogP contribution is 2.30. The summed E-state index contributed by atoms with van der Waals surface area (Å²) >= 11 is 9.22. The normalized spacial score (nSPS) is 14.2. The van der Waals surface area contributed by atoms with E-state index in [2.05, 4.69) is 21.2 Å². The SMILES string of the molecule is COc1ccc(N2CCN(CC(=O)Nc3ccc(Br)cc3F)C(=O)C2=O)cc1Cl. The fourth-order valence-electron chi connectivity index (χ4n) is 2.85. The lowest BCUT2D eigenvalue weighted by Gasteiger charge is -2.33. The first-order valence-electron chi connectivity index (χ1n) is 8.49. The maximum atomic E-state index is 13.8. The van der Waals surface area contributed by atoms with Crippen molar-refractivity contribution in [3.8, 4) is 5.75 Å². The summed E-state index contributed by atoms with van der Waals surface area (Å²) in [5.74, 6) is -2.37. The zero-order valence-corrected chi connectivity index (χ0v) is 17.6. The molecule has 2 aromatic rings. The van der Waals surface area contributed by atoms with E-state index in [4.69, 9.17) is 16.3 Å². The number of nitrogens with one attached hydrogen (secondary N) is 1. The average Bonchev–Trinajstić information content (AvgIpc) is 2.68. The molecule has 29 heavy (non-hydrogen) atoms. The number of carbonyl (C=O) groups excluding carboxylic acids is 3. The number of hydrogen-bond acceptors (Lipinski definition) is 4. The number of anilines is 2. The fourth-order valence-corrected chi connectivity index (χ4v) is 3.43. The minimum Gasteiger partial charge on any atom is -0.495 e. The Balaban J connectivity index is 1.65. The summed E-state index contributed by atoms with van der Waals surface area (Å²) in [5, 5.41) is 2.71. The van der Waals surface area contributed by atoms with Gasteiger partial charge in [0.15, 0.2) is 0 Å². The monoisotopic (exact) mass is 483 g/mol. The van der Waals surface area contributed by atoms with Crippen LogP contribution in [-0.4, -0.2) is 49.4 Å². The molecule has 10 heteroatoms. The molecule has 0 unspecified atom stereocenters. The second-order valence-corrected chi connectivity index (χ2v) is 7.50. The Morgan fingerprint density at radius 3 is 2.62 bits per heavy atom. The maximum Gasteiger partial charge on any atom is 0.316 e. The van der Waals surface area contributed by atoms with Crippen molar-refractivity contribution in [1.29, 1.82) is 0 Å². The van der Waals surface area contributed by atoms with E-state index in [1.54, 1.807) is 18.2 Å². The highest BCUT2D eigenvalue weighted by molar-refractivity contribution is 9.10. The molecule has 0 saturated carbocycles. The van der Waals surface area contributed by atoms with Gasteiger partial charge in [0.25, 0.3) is 0 Å². The molecule has 0 aliphatic carbocycles. The summed E-state index contributed by atoms with van der Waals surface area (Å²) in [4.78, 5) is 39.5. The zero-order chi connectivity index (χ0) is 21.1. The van der Waals surface area contributed by atoms with Crippen LogP contribution in [0.2, 0.25) is 5.02 Å². The van der Waals surface area contributed by atoms with Crippen LogP contribution in [-0.2, 0) is 14.4 Å². The van der Waals surface area contributed by atoms with Gasteiger partial charge < -0.3 is 19.9 Å². The molecule has 0 spiro atoms. The molecule has 1 N–H and O–H groups in total. The molecule has 2 aromatic carbocycles. The number of nitrogens with zero attached hydrogens (tertiary/aromatic N) is 2. The second-order valence-electron chi connectivity index (χ2n) is 6.17. The molecule has 3 amide bonds. The van der Waals surface area contributed by atoms with Crippen molar-refractivity contribution in [1.82, 2.24) is 4.90 Å². The Hall–Kier alpha value is -2.65. The van der Waals surface area contributed by atoms with Crippen LogP contribution in [0.5, 0.6) is 5.75 Å². The van der Waals surface area contributed by atoms with Crippen LogP contribution in [0.3, 0.4) is 0 Å². The topological polar surface area (TPSA) is 79.0 Å². The largest absolute Gasteiger partial charge is 0.495 e. The van der Waals surface area contributed by atoms with Gasteiger partial charge in [-0.2, -0.15) is 0 Å². The van der Waals surface area contributed by atoms with Crippen molar-refractivity contribution in [2.24, 2.45) is 0 Å². The quantitative estimate of drug-likeness (QED) is 0.662. The van der Waals surface area contributed by atoms with Gasteiger partial charge in [0, 0.05) is 23.2 Å². The van der Waals surface area contributed by atoms with Gasteiger partial charge in [-0.05, 0) is 36.4 Å². The molecule has 1 saturated heterocycles. The molecule has 0 atom stereocenters. The number of halogens is 3. The third kappa shape index (κ3) is 4.68. The molecule has 7 nitrogen and oxygen atoms in total. The molecular weight excluding hydrogens is 469 g/mol. The highest BCUT2D eigenvalue weighted by atomic mass is 79.9. The third-order valence-corrected chi connectivity index (χ3v) is 5.08. The summed E-state index contributed by atoms with van der Waals surface area (Å²) < 4.78 is 19.5. The number of hydrogen-bond donors (Lipinski definition) is 1. The first-order chi connectivity index (χ1) is 13.8. The number of piperazine rings is 1. The van der Waals surface area contributed by atoms with E-state index in [9.17, 15) is 18.8 Å². The first kappa shape index (κ1) is 21.1. The van der Waals surface area contributed by atoms with Crippen LogP contribution >= 0.6 is 27.5 Å². The fraction of sp³-hybridized carbons (Fsp3) is 0.211. The predicted molar refractivity (Wildman–Crippen MR) is 110 cm³/mol. The molecule has 0 radical (unpaired) electrons. The van der Waals surface area contributed by atoms with Crippen molar-refractivity contribution < 1.29 is 23.5 Å². The standard InChI is InChI=1S/C19H16BrClFN3O4/c1-29-16-5-3-12(9-13(16)21)25-7-6-24(18(27)19(25)28)10-17(26)23-15-4-2-11(20)8-14(15)22/h2-5,8-9H,6-7,10H2,1H3,(H,23,26). The Labute approximate surface area is 179 Å². The number of ether oxygens (including phenoxy) is 1. The van der Waals surface area contributed by atoms with Crippen molar-refractivity contribution in [3.05, 3.63) is 51.7 Å². The highest BCUT2D eigenvalue weighted by Gasteiger charge is 2.34. The Morgan fingerprint density at radius 1 is 1.21 bits per heavy atom. The van der Waals surface area contributed by atoms with E-state index in [1.807, 2.05) is 0 Å². The Kier molecular flexibility index (Phi) is 6.39. The molecule has 1 heterocycles. The van der Waals surface area contributed by atoms with Crippen LogP contribution < -0.4 is 15.0 Å². The molecule has 1 fully saturated rings. The third-order valence-electron chi connectivity index (χ3n) is 4.30. The summed E-state index contributed by atoms with van der Waals surface area (Å²) in [6.07, 6.45) is 0. The lowest BCUT2D eigenvalue weighted by Crippen LogP contribution is -2.56. The van der Waals surface area contributed by atoms with Crippen LogP contribution in [0.4, 0.5) is 15.8 Å². The summed E-state index contributed by atoms with van der Waals surface area (Å²) in [7, 11) is 1.47. The zero-order valence-electron chi connectivity index (χ0n) is 15.2. The Bertz CT molecular complexity index is 988. The summed E-state index contributed by atoms with van der Waals surface area (Å²) in [5.41, 5.74) is 0.443. The molecule has 152 valence electrons. The predicted octanol–water partition coefficient (Wildman–Crippen LogP) is 3.06. The minimum absolute atomic E-state index is 0.0107. The molecule has 1 aliphatic rings. The van der Waals surface area contributed by atoms with Crippen molar-refractivity contribution >= 4 is 56.6 Å². The first-order valence-corrected chi connectivity index (χ1v) is 9.66. The molecule has 0 aromatic heterocycles. The lowest BCUT2D eigenvalue weighted by atomic mass is 10.2. The van der Waals surface area contributed by atoms with Crippen LogP contribution in [0, 0.1) is 5.82 Å². The van der Waals surface area contributed by atoms with Crippen molar-refractivity contribution in [2.45, 2.75) is 0 Å². The number of rotatable bonds is 5. The van der Waals surface area contributed by atoms with E-state index in [1.165, 1.54) is 30.2 Å². The molecular formula is C19H16BrClFN3O4. The van der Waals surface area contributed by atoms with Gasteiger partial charge in [-0.3, -0.25) is 14.4 Å².